The number of fused-ring (bicyclic) bond motifs is 3. The van der Waals surface area contributed by atoms with Crippen LogP contribution in [-0.4, -0.2) is 36.2 Å². The molecule has 34 heavy (non-hydrogen) atoms. The molecule has 0 saturated carbocycles. The molecule has 1 aliphatic heterocycles. The molecule has 0 aliphatic carbocycles. The molecule has 2 aromatic carbocycles. The van der Waals surface area contributed by atoms with Gasteiger partial charge in [-0.1, -0.05) is 0 Å². The fraction of sp³-hybridized carbons (Fsp3) is 0.208. The summed E-state index contributed by atoms with van der Waals surface area (Å²) in [7, 11) is 0. The van der Waals surface area contributed by atoms with Crippen molar-refractivity contribution in [3.63, 3.8) is 0 Å². The maximum Gasteiger partial charge on any atom is 0.312 e. The summed E-state index contributed by atoms with van der Waals surface area (Å²) in [6.07, 6.45) is 1.54. The van der Waals surface area contributed by atoms with Gasteiger partial charge in [0.05, 0.1) is 6.42 Å². The van der Waals surface area contributed by atoms with Crippen molar-refractivity contribution in [2.45, 2.75) is 32.2 Å². The van der Waals surface area contributed by atoms with E-state index in [2.05, 4.69) is 5.10 Å². The number of carbonyl (C=O) groups excluding carboxylic acids is 1. The molecule has 0 radical (unpaired) electrons. The molecule has 2 aromatic heterocycles. The van der Waals surface area contributed by atoms with Gasteiger partial charge in [-0.15, -0.1) is 0 Å². The molecule has 0 bridgehead atoms. The lowest BCUT2D eigenvalue weighted by Gasteiger charge is -2.27. The van der Waals surface area contributed by atoms with E-state index in [-0.39, 0.29) is 40.5 Å². The van der Waals surface area contributed by atoms with Crippen molar-refractivity contribution in [2.75, 3.05) is 0 Å². The maximum atomic E-state index is 13.1. The number of carbonyl (C=O) groups is 1. The fourth-order valence-corrected chi connectivity index (χ4v) is 4.33. The zero-order valence-electron chi connectivity index (χ0n) is 18.1. The Morgan fingerprint density at radius 1 is 1.03 bits per heavy atom. The summed E-state index contributed by atoms with van der Waals surface area (Å²) in [5.41, 5.74) is 0.155. The molecular formula is C24H20N2O8. The summed E-state index contributed by atoms with van der Waals surface area (Å²) in [6.45, 7) is 3.86. The molecule has 3 heterocycles. The van der Waals surface area contributed by atoms with Crippen LogP contribution in [0.2, 0.25) is 0 Å². The van der Waals surface area contributed by atoms with Gasteiger partial charge in [-0.25, -0.2) is 0 Å². The highest BCUT2D eigenvalue weighted by atomic mass is 16.5. The van der Waals surface area contributed by atoms with Gasteiger partial charge in [-0.05, 0) is 38.1 Å². The first-order chi connectivity index (χ1) is 16.2. The number of rotatable bonds is 3. The quantitative estimate of drug-likeness (QED) is 0.202. The highest BCUT2D eigenvalue weighted by Gasteiger charge is 2.36. The van der Waals surface area contributed by atoms with Crippen molar-refractivity contribution >= 4 is 16.9 Å². The van der Waals surface area contributed by atoms with E-state index in [1.807, 2.05) is 13.8 Å². The van der Waals surface area contributed by atoms with Crippen LogP contribution in [0.4, 0.5) is 0 Å². The van der Waals surface area contributed by atoms with E-state index < -0.39 is 40.3 Å². The Bertz CT molecular complexity index is 1530. The number of nitrogens with zero attached hydrogens (tertiary/aromatic N) is 2. The van der Waals surface area contributed by atoms with Gasteiger partial charge in [-0.3, -0.25) is 14.3 Å². The standard InChI is InChI=1S/C24H20N2O8/c1-10(2)26-13(5-6-25-26)12-8-18(30)33-17-9-16(29)20-21(31)22(32)23(34-24(20)19(12)17)11-3-4-14(27)15(28)7-11/h3-7,9-10,12,27-29,32H,8H2,1-2H3/t12-/m1/s1. The van der Waals surface area contributed by atoms with Gasteiger partial charge in [0.25, 0.3) is 0 Å². The first kappa shape index (κ1) is 21.4. The Labute approximate surface area is 191 Å². The molecule has 1 aliphatic rings. The van der Waals surface area contributed by atoms with Gasteiger partial charge < -0.3 is 29.6 Å². The second-order valence-electron chi connectivity index (χ2n) is 8.35. The fourth-order valence-electron chi connectivity index (χ4n) is 4.33. The molecule has 5 rings (SSSR count). The number of esters is 1. The van der Waals surface area contributed by atoms with Crippen LogP contribution in [-0.2, 0) is 4.79 Å². The lowest BCUT2D eigenvalue weighted by Crippen LogP contribution is -2.24. The Morgan fingerprint density at radius 2 is 1.79 bits per heavy atom. The molecule has 10 heteroatoms. The lowest BCUT2D eigenvalue weighted by atomic mass is 9.87. The van der Waals surface area contributed by atoms with Crippen molar-refractivity contribution in [2.24, 2.45) is 0 Å². The van der Waals surface area contributed by atoms with Crippen molar-refractivity contribution < 1.29 is 34.4 Å². The van der Waals surface area contributed by atoms with E-state index in [4.69, 9.17) is 9.15 Å². The molecule has 0 saturated heterocycles. The minimum absolute atomic E-state index is 0.0242. The van der Waals surface area contributed by atoms with Crippen molar-refractivity contribution in [1.29, 1.82) is 0 Å². The van der Waals surface area contributed by atoms with Crippen molar-refractivity contribution in [3.05, 3.63) is 58.0 Å². The highest BCUT2D eigenvalue weighted by Crippen LogP contribution is 2.47. The van der Waals surface area contributed by atoms with Crippen LogP contribution in [0.5, 0.6) is 28.7 Å². The number of hydrogen-bond donors (Lipinski definition) is 4. The second-order valence-corrected chi connectivity index (χ2v) is 8.35. The number of phenolic OH excluding ortho intramolecular Hbond substituents is 3. The third kappa shape index (κ3) is 3.14. The van der Waals surface area contributed by atoms with Crippen LogP contribution < -0.4 is 10.2 Å². The number of aromatic hydroxyl groups is 4. The third-order valence-electron chi connectivity index (χ3n) is 5.85. The SMILES string of the molecule is CC(C)n1nccc1[C@H]1CC(=O)Oc2cc(O)c3c(=O)c(O)c(-c4ccc(O)c(O)c4)oc3c21. The smallest absolute Gasteiger partial charge is 0.312 e. The van der Waals surface area contributed by atoms with Crippen molar-refractivity contribution in [3.8, 4) is 40.1 Å². The third-order valence-corrected chi connectivity index (χ3v) is 5.85. The highest BCUT2D eigenvalue weighted by molar-refractivity contribution is 5.94. The summed E-state index contributed by atoms with van der Waals surface area (Å²) >= 11 is 0. The summed E-state index contributed by atoms with van der Waals surface area (Å²) in [4.78, 5) is 25.5. The summed E-state index contributed by atoms with van der Waals surface area (Å²) in [5, 5.41) is 44.7. The molecule has 0 fully saturated rings. The largest absolute Gasteiger partial charge is 0.507 e. The topological polar surface area (TPSA) is 155 Å². The Balaban J connectivity index is 1.86. The van der Waals surface area contributed by atoms with Crippen LogP contribution >= 0.6 is 0 Å². The molecule has 4 aromatic rings. The first-order valence-electron chi connectivity index (χ1n) is 10.5. The second kappa shape index (κ2) is 7.55. The molecule has 0 unspecified atom stereocenters. The van der Waals surface area contributed by atoms with Crippen LogP contribution in [0.3, 0.4) is 0 Å². The molecular weight excluding hydrogens is 444 g/mol. The van der Waals surface area contributed by atoms with Gasteiger partial charge in [0.15, 0.2) is 17.3 Å². The average molecular weight is 464 g/mol. The monoisotopic (exact) mass is 464 g/mol. The minimum Gasteiger partial charge on any atom is -0.507 e. The maximum absolute atomic E-state index is 13.1. The van der Waals surface area contributed by atoms with E-state index in [1.54, 1.807) is 16.9 Å². The number of phenols is 3. The molecule has 1 atom stereocenters. The lowest BCUT2D eigenvalue weighted by molar-refractivity contribution is -0.135. The predicted molar refractivity (Wildman–Crippen MR) is 119 cm³/mol. The zero-order valence-corrected chi connectivity index (χ0v) is 18.1. The number of aromatic nitrogens is 2. The van der Waals surface area contributed by atoms with E-state index >= 15 is 0 Å². The Kier molecular flexibility index (Phi) is 4.75. The summed E-state index contributed by atoms with van der Waals surface area (Å²) in [6, 6.07) is 6.53. The molecule has 0 amide bonds. The van der Waals surface area contributed by atoms with Crippen LogP contribution in [0.25, 0.3) is 22.3 Å². The molecule has 10 nitrogen and oxygen atoms in total. The minimum atomic E-state index is -0.905. The van der Waals surface area contributed by atoms with Gasteiger partial charge in [0.2, 0.25) is 11.2 Å². The van der Waals surface area contributed by atoms with Gasteiger partial charge in [0.1, 0.15) is 22.5 Å². The van der Waals surface area contributed by atoms with E-state index in [0.29, 0.717) is 11.3 Å². The van der Waals surface area contributed by atoms with Crippen molar-refractivity contribution in [1.82, 2.24) is 9.78 Å². The van der Waals surface area contributed by atoms with Gasteiger partial charge >= 0.3 is 5.97 Å². The van der Waals surface area contributed by atoms with E-state index in [0.717, 1.165) is 12.1 Å². The first-order valence-corrected chi connectivity index (χ1v) is 10.5. The van der Waals surface area contributed by atoms with Gasteiger partial charge in [-0.2, -0.15) is 5.10 Å². The predicted octanol–water partition coefficient (Wildman–Crippen LogP) is 3.50. The number of ether oxygens (including phenoxy) is 1. The van der Waals surface area contributed by atoms with E-state index in [1.165, 1.54) is 12.1 Å². The Morgan fingerprint density at radius 3 is 2.50 bits per heavy atom. The number of hydrogen-bond acceptors (Lipinski definition) is 9. The van der Waals surface area contributed by atoms with Crippen LogP contribution in [0, 0.1) is 0 Å². The van der Waals surface area contributed by atoms with Gasteiger partial charge in [0, 0.05) is 41.0 Å². The normalized spacial score (nSPS) is 15.5. The molecule has 0 spiro atoms. The average Bonchev–Trinajstić information content (AvgIpc) is 3.27. The number of benzene rings is 2. The molecule has 174 valence electrons. The van der Waals surface area contributed by atoms with E-state index in [9.17, 15) is 30.0 Å². The molecule has 4 N–H and O–H groups in total. The summed E-state index contributed by atoms with van der Waals surface area (Å²) < 4.78 is 13.1. The zero-order chi connectivity index (χ0) is 24.3. The summed E-state index contributed by atoms with van der Waals surface area (Å²) in [5.74, 6) is -3.59. The Hall–Kier alpha value is -4.47. The van der Waals surface area contributed by atoms with Crippen LogP contribution in [0.15, 0.2) is 45.7 Å². The van der Waals surface area contributed by atoms with Crippen LogP contribution in [0.1, 0.15) is 43.5 Å².